The maximum atomic E-state index is 10.8. The van der Waals surface area contributed by atoms with E-state index in [1.165, 1.54) is 7.11 Å². The van der Waals surface area contributed by atoms with E-state index in [0.717, 1.165) is 5.56 Å². The lowest BCUT2D eigenvalue weighted by Crippen LogP contribution is -2.23. The summed E-state index contributed by atoms with van der Waals surface area (Å²) in [6, 6.07) is 3.56. The summed E-state index contributed by atoms with van der Waals surface area (Å²) in [6.45, 7) is 0.680. The van der Waals surface area contributed by atoms with Crippen molar-refractivity contribution in [1.29, 1.82) is 0 Å². The van der Waals surface area contributed by atoms with Crippen LogP contribution >= 0.6 is 31.9 Å². The summed E-state index contributed by atoms with van der Waals surface area (Å²) >= 11 is 6.46. The molecular formula is C10H11Br2NO3. The average Bonchev–Trinajstić information content (AvgIpc) is 2.25. The molecule has 0 heterocycles. The number of esters is 1. The molecule has 0 saturated carbocycles. The Hall–Kier alpha value is -0.590. The molecule has 6 heteroatoms. The lowest BCUT2D eigenvalue weighted by atomic mass is 10.2. The Bertz CT molecular complexity index is 373. The Morgan fingerprint density at radius 3 is 2.50 bits per heavy atom. The predicted octanol–water partition coefficient (Wildman–Crippen LogP) is 2.18. The zero-order valence-corrected chi connectivity index (χ0v) is 11.8. The van der Waals surface area contributed by atoms with E-state index >= 15 is 0 Å². The minimum absolute atomic E-state index is 0.159. The highest BCUT2D eigenvalue weighted by atomic mass is 79.9. The highest BCUT2D eigenvalue weighted by Gasteiger charge is 2.06. The van der Waals surface area contributed by atoms with Crippen molar-refractivity contribution in [3.05, 3.63) is 26.6 Å². The molecule has 0 aliphatic heterocycles. The van der Waals surface area contributed by atoms with Crippen molar-refractivity contribution in [2.45, 2.75) is 6.54 Å². The van der Waals surface area contributed by atoms with Crippen LogP contribution in [0.15, 0.2) is 21.1 Å². The van der Waals surface area contributed by atoms with Gasteiger partial charge in [-0.05, 0) is 49.6 Å². The van der Waals surface area contributed by atoms with Gasteiger partial charge in [-0.15, -0.1) is 0 Å². The molecule has 1 rings (SSSR count). The van der Waals surface area contributed by atoms with Gasteiger partial charge in [0, 0.05) is 6.54 Å². The monoisotopic (exact) mass is 351 g/mol. The third-order valence-corrected chi connectivity index (χ3v) is 3.11. The number of carbonyl (C=O) groups excluding carboxylic acids is 1. The number of phenolic OH excluding ortho intramolecular Hbond substituents is 1. The normalized spacial score (nSPS) is 10.2. The van der Waals surface area contributed by atoms with Crippen LogP contribution in [0.1, 0.15) is 5.56 Å². The molecule has 0 spiro atoms. The quantitative estimate of drug-likeness (QED) is 0.815. The smallest absolute Gasteiger partial charge is 0.319 e. The van der Waals surface area contributed by atoms with E-state index in [2.05, 4.69) is 41.9 Å². The number of phenols is 1. The predicted molar refractivity (Wildman–Crippen MR) is 67.2 cm³/mol. The van der Waals surface area contributed by atoms with E-state index in [0.29, 0.717) is 15.5 Å². The van der Waals surface area contributed by atoms with Gasteiger partial charge in [0.2, 0.25) is 0 Å². The second kappa shape index (κ2) is 6.22. The number of carbonyl (C=O) groups is 1. The third-order valence-electron chi connectivity index (χ3n) is 1.90. The molecule has 1 aromatic carbocycles. The maximum Gasteiger partial charge on any atom is 0.319 e. The van der Waals surface area contributed by atoms with Crippen LogP contribution in [0, 0.1) is 0 Å². The number of nitrogens with one attached hydrogen (secondary N) is 1. The molecule has 0 bridgehead atoms. The zero-order valence-electron chi connectivity index (χ0n) is 8.59. The third kappa shape index (κ3) is 3.77. The number of ether oxygens (including phenoxy) is 1. The Balaban J connectivity index is 2.58. The van der Waals surface area contributed by atoms with Crippen LogP contribution in [0.2, 0.25) is 0 Å². The molecule has 88 valence electrons. The van der Waals surface area contributed by atoms with Gasteiger partial charge in [0.1, 0.15) is 5.75 Å². The molecule has 0 unspecified atom stereocenters. The fraction of sp³-hybridized carbons (Fsp3) is 0.300. The summed E-state index contributed by atoms with van der Waals surface area (Å²) in [6.07, 6.45) is 0. The Kier molecular flexibility index (Phi) is 5.24. The first-order valence-corrected chi connectivity index (χ1v) is 6.07. The molecule has 0 saturated heterocycles. The summed E-state index contributed by atoms with van der Waals surface area (Å²) in [5.74, 6) is -0.145. The molecule has 0 aromatic heterocycles. The Morgan fingerprint density at radius 1 is 1.44 bits per heavy atom. The standard InChI is InChI=1S/C10H11Br2NO3/c1-16-9(14)5-13-4-6-2-7(11)10(15)8(12)3-6/h2-3,13,15H,4-5H2,1H3. The van der Waals surface area contributed by atoms with E-state index in [4.69, 9.17) is 0 Å². The molecule has 0 atom stereocenters. The van der Waals surface area contributed by atoms with Gasteiger partial charge >= 0.3 is 5.97 Å². The van der Waals surface area contributed by atoms with Crippen molar-refractivity contribution < 1.29 is 14.6 Å². The SMILES string of the molecule is COC(=O)CNCc1cc(Br)c(O)c(Br)c1. The van der Waals surface area contributed by atoms with Gasteiger partial charge in [0.25, 0.3) is 0 Å². The summed E-state index contributed by atoms with van der Waals surface area (Å²) in [7, 11) is 1.34. The maximum absolute atomic E-state index is 10.8. The van der Waals surface area contributed by atoms with E-state index in [-0.39, 0.29) is 18.3 Å². The number of aromatic hydroxyl groups is 1. The van der Waals surface area contributed by atoms with Crippen LogP contribution in [0.4, 0.5) is 0 Å². The van der Waals surface area contributed by atoms with E-state index in [1.54, 1.807) is 12.1 Å². The van der Waals surface area contributed by atoms with Crippen molar-refractivity contribution in [1.82, 2.24) is 5.32 Å². The molecule has 0 aliphatic carbocycles. The van der Waals surface area contributed by atoms with Crippen LogP contribution in [0.5, 0.6) is 5.75 Å². The van der Waals surface area contributed by atoms with Crippen LogP contribution in [-0.4, -0.2) is 24.7 Å². The van der Waals surface area contributed by atoms with Crippen LogP contribution in [0.3, 0.4) is 0 Å². The van der Waals surface area contributed by atoms with Crippen molar-refractivity contribution >= 4 is 37.8 Å². The fourth-order valence-corrected chi connectivity index (χ4v) is 2.38. The van der Waals surface area contributed by atoms with Crippen LogP contribution in [-0.2, 0) is 16.1 Å². The Morgan fingerprint density at radius 2 is 2.00 bits per heavy atom. The summed E-state index contributed by atoms with van der Waals surface area (Å²) in [5.41, 5.74) is 0.945. The van der Waals surface area contributed by atoms with Gasteiger partial charge in [0.05, 0.1) is 22.6 Å². The van der Waals surface area contributed by atoms with E-state index in [9.17, 15) is 9.90 Å². The van der Waals surface area contributed by atoms with Crippen LogP contribution in [0.25, 0.3) is 0 Å². The summed E-state index contributed by atoms with van der Waals surface area (Å²) in [5, 5.41) is 12.4. The summed E-state index contributed by atoms with van der Waals surface area (Å²) in [4.78, 5) is 10.8. The number of halogens is 2. The fourth-order valence-electron chi connectivity index (χ4n) is 1.10. The Labute approximate surface area is 110 Å². The molecule has 16 heavy (non-hydrogen) atoms. The first-order chi connectivity index (χ1) is 7.54. The number of benzene rings is 1. The first kappa shape index (κ1) is 13.5. The highest BCUT2D eigenvalue weighted by Crippen LogP contribution is 2.33. The highest BCUT2D eigenvalue weighted by molar-refractivity contribution is 9.11. The largest absolute Gasteiger partial charge is 0.506 e. The topological polar surface area (TPSA) is 58.6 Å². The van der Waals surface area contributed by atoms with Crippen molar-refractivity contribution in [2.75, 3.05) is 13.7 Å². The van der Waals surface area contributed by atoms with Crippen molar-refractivity contribution in [3.8, 4) is 5.75 Å². The van der Waals surface area contributed by atoms with Gasteiger partial charge in [0.15, 0.2) is 0 Å². The zero-order chi connectivity index (χ0) is 12.1. The van der Waals surface area contributed by atoms with E-state index in [1.807, 2.05) is 0 Å². The van der Waals surface area contributed by atoms with Gasteiger partial charge in [-0.1, -0.05) is 0 Å². The lowest BCUT2D eigenvalue weighted by Gasteiger charge is -2.07. The average molecular weight is 353 g/mol. The van der Waals surface area contributed by atoms with Gasteiger partial charge in [-0.3, -0.25) is 4.79 Å². The lowest BCUT2D eigenvalue weighted by molar-refractivity contribution is -0.139. The molecule has 0 amide bonds. The van der Waals surface area contributed by atoms with Crippen LogP contribution < -0.4 is 5.32 Å². The van der Waals surface area contributed by atoms with Gasteiger partial charge in [-0.2, -0.15) is 0 Å². The molecular weight excluding hydrogens is 342 g/mol. The molecule has 0 aliphatic rings. The number of rotatable bonds is 4. The number of methoxy groups -OCH3 is 1. The van der Waals surface area contributed by atoms with Gasteiger partial charge < -0.3 is 15.2 Å². The molecule has 2 N–H and O–H groups in total. The minimum Gasteiger partial charge on any atom is -0.506 e. The minimum atomic E-state index is -0.308. The molecule has 4 nitrogen and oxygen atoms in total. The second-order valence-electron chi connectivity index (χ2n) is 3.09. The molecule has 1 aromatic rings. The van der Waals surface area contributed by atoms with E-state index < -0.39 is 0 Å². The number of hydrogen-bond donors (Lipinski definition) is 2. The van der Waals surface area contributed by atoms with Crippen molar-refractivity contribution in [3.63, 3.8) is 0 Å². The van der Waals surface area contributed by atoms with Crippen molar-refractivity contribution in [2.24, 2.45) is 0 Å². The second-order valence-corrected chi connectivity index (χ2v) is 4.80. The molecule has 0 fully saturated rings. The summed E-state index contributed by atoms with van der Waals surface area (Å²) < 4.78 is 5.71. The molecule has 0 radical (unpaired) electrons. The first-order valence-electron chi connectivity index (χ1n) is 4.49. The number of hydrogen-bond acceptors (Lipinski definition) is 4. The van der Waals surface area contributed by atoms with Gasteiger partial charge in [-0.25, -0.2) is 0 Å².